The van der Waals surface area contributed by atoms with Crippen LogP contribution in [0, 0.1) is 0 Å². The zero-order valence-corrected chi connectivity index (χ0v) is 11.4. The van der Waals surface area contributed by atoms with Gasteiger partial charge >= 0.3 is 0 Å². The number of pyridine rings is 1. The first kappa shape index (κ1) is 12.0. The summed E-state index contributed by atoms with van der Waals surface area (Å²) < 4.78 is 8.08. The highest BCUT2D eigenvalue weighted by Gasteiger charge is 2.13. The van der Waals surface area contributed by atoms with Crippen molar-refractivity contribution in [1.29, 1.82) is 0 Å². The van der Waals surface area contributed by atoms with Gasteiger partial charge < -0.3 is 4.74 Å². The van der Waals surface area contributed by atoms with E-state index >= 15 is 0 Å². The van der Waals surface area contributed by atoms with Crippen molar-refractivity contribution >= 4 is 21.8 Å². The Morgan fingerprint density at radius 2 is 1.79 bits per heavy atom. The Morgan fingerprint density at radius 1 is 1.00 bits per heavy atom. The molecule has 0 atom stereocenters. The summed E-state index contributed by atoms with van der Waals surface area (Å²) in [6.07, 6.45) is 1.02. The molecule has 0 saturated heterocycles. The molecule has 0 aliphatic carbocycles. The molecule has 0 bridgehead atoms. The van der Waals surface area contributed by atoms with E-state index in [9.17, 15) is 0 Å². The number of nitrogens with zero attached hydrogens (tertiary/aromatic N) is 1. The quantitative estimate of drug-likeness (QED) is 0.512. The highest BCUT2D eigenvalue weighted by molar-refractivity contribution is 5.92. The van der Waals surface area contributed by atoms with Gasteiger partial charge in [-0.3, -0.25) is 0 Å². The molecular formula is C17H18NO+. The van der Waals surface area contributed by atoms with Gasteiger partial charge in [-0.2, -0.15) is 4.57 Å². The van der Waals surface area contributed by atoms with Crippen molar-refractivity contribution in [3.05, 3.63) is 48.5 Å². The molecule has 2 heteroatoms. The number of hydrogen-bond acceptors (Lipinski definition) is 1. The number of benzene rings is 2. The van der Waals surface area contributed by atoms with Crippen LogP contribution in [0.15, 0.2) is 48.5 Å². The fourth-order valence-electron chi connectivity index (χ4n) is 2.51. The van der Waals surface area contributed by atoms with Crippen LogP contribution in [-0.4, -0.2) is 6.61 Å². The molecular weight excluding hydrogens is 234 g/mol. The molecule has 0 spiro atoms. The first-order valence-corrected chi connectivity index (χ1v) is 6.74. The third kappa shape index (κ3) is 2.03. The Hall–Kier alpha value is -2.09. The van der Waals surface area contributed by atoms with Crippen molar-refractivity contribution in [1.82, 2.24) is 0 Å². The van der Waals surface area contributed by atoms with E-state index in [1.54, 1.807) is 0 Å². The third-order valence-electron chi connectivity index (χ3n) is 3.46. The van der Waals surface area contributed by atoms with Crippen LogP contribution >= 0.6 is 0 Å². The van der Waals surface area contributed by atoms with Crippen LogP contribution < -0.4 is 9.30 Å². The summed E-state index contributed by atoms with van der Waals surface area (Å²) in [5.74, 6) is 0.973. The maximum Gasteiger partial charge on any atom is 0.216 e. The van der Waals surface area contributed by atoms with E-state index < -0.39 is 0 Å². The lowest BCUT2D eigenvalue weighted by molar-refractivity contribution is -0.617. The molecule has 2 nitrogen and oxygen atoms in total. The smallest absolute Gasteiger partial charge is 0.216 e. The van der Waals surface area contributed by atoms with Gasteiger partial charge in [0.25, 0.3) is 0 Å². The van der Waals surface area contributed by atoms with Crippen molar-refractivity contribution in [3.8, 4) is 5.75 Å². The number of aromatic nitrogens is 1. The summed E-state index contributed by atoms with van der Waals surface area (Å²) in [6.45, 7) is 2.89. The molecule has 0 saturated carbocycles. The lowest BCUT2D eigenvalue weighted by atomic mass is 10.1. The summed E-state index contributed by atoms with van der Waals surface area (Å²) in [7, 11) is 2.11. The van der Waals surface area contributed by atoms with Crippen molar-refractivity contribution in [2.45, 2.75) is 13.3 Å². The van der Waals surface area contributed by atoms with Gasteiger partial charge in [-0.05, 0) is 24.6 Å². The average molecular weight is 252 g/mol. The molecule has 0 amide bonds. The Labute approximate surface area is 113 Å². The molecule has 0 radical (unpaired) electrons. The highest BCUT2D eigenvalue weighted by atomic mass is 16.5. The Kier molecular flexibility index (Phi) is 3.08. The van der Waals surface area contributed by atoms with Gasteiger partial charge in [0.1, 0.15) is 12.8 Å². The van der Waals surface area contributed by atoms with E-state index in [-0.39, 0.29) is 0 Å². The minimum absolute atomic E-state index is 0.760. The summed E-state index contributed by atoms with van der Waals surface area (Å²) >= 11 is 0. The molecule has 3 rings (SSSR count). The van der Waals surface area contributed by atoms with Crippen LogP contribution in [-0.2, 0) is 7.05 Å². The molecule has 1 aromatic heterocycles. The van der Waals surface area contributed by atoms with E-state index in [0.29, 0.717) is 0 Å². The predicted octanol–water partition coefficient (Wildman–Crippen LogP) is 3.61. The molecule has 0 aliphatic rings. The minimum atomic E-state index is 0.760. The lowest BCUT2D eigenvalue weighted by Crippen LogP contribution is -2.29. The number of ether oxygens (including phenoxy) is 1. The topological polar surface area (TPSA) is 13.1 Å². The van der Waals surface area contributed by atoms with E-state index in [1.807, 2.05) is 6.07 Å². The van der Waals surface area contributed by atoms with E-state index in [4.69, 9.17) is 4.74 Å². The van der Waals surface area contributed by atoms with E-state index in [2.05, 4.69) is 61.0 Å². The molecule has 0 aliphatic heterocycles. The second-order valence-corrected chi connectivity index (χ2v) is 4.80. The molecule has 96 valence electrons. The maximum absolute atomic E-state index is 5.86. The monoisotopic (exact) mass is 252 g/mol. The van der Waals surface area contributed by atoms with Crippen molar-refractivity contribution in [3.63, 3.8) is 0 Å². The first-order valence-electron chi connectivity index (χ1n) is 6.74. The SMILES string of the molecule is CCCOc1cccc2c1cc1ccccc1[n+]2C. The molecule has 0 fully saturated rings. The molecule has 2 aromatic carbocycles. The predicted molar refractivity (Wildman–Crippen MR) is 78.4 cm³/mol. The van der Waals surface area contributed by atoms with Gasteiger partial charge in [-0.1, -0.05) is 25.1 Å². The van der Waals surface area contributed by atoms with Crippen LogP contribution in [0.4, 0.5) is 0 Å². The zero-order chi connectivity index (χ0) is 13.2. The Morgan fingerprint density at radius 3 is 2.63 bits per heavy atom. The molecule has 0 N–H and O–H groups in total. The number of aryl methyl sites for hydroxylation is 1. The summed E-state index contributed by atoms with van der Waals surface area (Å²) in [5, 5.41) is 2.42. The van der Waals surface area contributed by atoms with Crippen molar-refractivity contribution in [2.75, 3.05) is 6.61 Å². The standard InChI is InChI=1S/C17H18NO/c1-3-11-19-17-10-6-9-16-14(17)12-13-7-4-5-8-15(13)18(16)2/h4-10,12H,3,11H2,1-2H3/q+1. The lowest BCUT2D eigenvalue weighted by Gasteiger charge is -2.08. The van der Waals surface area contributed by atoms with Gasteiger partial charge in [0.15, 0.2) is 0 Å². The molecule has 3 aromatic rings. The molecule has 0 unspecified atom stereocenters. The van der Waals surface area contributed by atoms with Crippen molar-refractivity contribution < 1.29 is 9.30 Å². The van der Waals surface area contributed by atoms with Crippen LogP contribution in [0.2, 0.25) is 0 Å². The third-order valence-corrected chi connectivity index (χ3v) is 3.46. The van der Waals surface area contributed by atoms with Crippen LogP contribution in [0.5, 0.6) is 5.75 Å². The van der Waals surface area contributed by atoms with Crippen molar-refractivity contribution in [2.24, 2.45) is 7.05 Å². The van der Waals surface area contributed by atoms with Crippen LogP contribution in [0.25, 0.3) is 21.8 Å². The minimum Gasteiger partial charge on any atom is -0.493 e. The zero-order valence-electron chi connectivity index (χ0n) is 11.4. The fourth-order valence-corrected chi connectivity index (χ4v) is 2.51. The Balaban J connectivity index is 2.31. The number of para-hydroxylation sites is 1. The summed E-state index contributed by atoms with van der Waals surface area (Å²) in [5.41, 5.74) is 2.44. The summed E-state index contributed by atoms with van der Waals surface area (Å²) in [6, 6.07) is 16.9. The van der Waals surface area contributed by atoms with Gasteiger partial charge in [-0.15, -0.1) is 0 Å². The van der Waals surface area contributed by atoms with E-state index in [1.165, 1.54) is 21.8 Å². The largest absolute Gasteiger partial charge is 0.493 e. The van der Waals surface area contributed by atoms with Gasteiger partial charge in [0.2, 0.25) is 11.0 Å². The fraction of sp³-hybridized carbons (Fsp3) is 0.235. The van der Waals surface area contributed by atoms with Gasteiger partial charge in [0.05, 0.1) is 12.0 Å². The molecule has 19 heavy (non-hydrogen) atoms. The van der Waals surface area contributed by atoms with Crippen LogP contribution in [0.3, 0.4) is 0 Å². The van der Waals surface area contributed by atoms with Crippen LogP contribution in [0.1, 0.15) is 13.3 Å². The molecule has 1 heterocycles. The number of hydrogen-bond donors (Lipinski definition) is 0. The van der Waals surface area contributed by atoms with E-state index in [0.717, 1.165) is 18.8 Å². The number of rotatable bonds is 3. The first-order chi connectivity index (χ1) is 9.31. The maximum atomic E-state index is 5.86. The number of fused-ring (bicyclic) bond motifs is 2. The van der Waals surface area contributed by atoms with Gasteiger partial charge in [-0.25, -0.2) is 0 Å². The Bertz CT molecular complexity index is 734. The van der Waals surface area contributed by atoms with Gasteiger partial charge in [0, 0.05) is 17.5 Å². The summed E-state index contributed by atoms with van der Waals surface area (Å²) in [4.78, 5) is 0. The normalized spacial score (nSPS) is 11.1. The average Bonchev–Trinajstić information content (AvgIpc) is 2.46. The highest BCUT2D eigenvalue weighted by Crippen LogP contribution is 2.26. The second-order valence-electron chi connectivity index (χ2n) is 4.80. The second kappa shape index (κ2) is 4.88.